The van der Waals surface area contributed by atoms with E-state index in [1.165, 1.54) is 0 Å². The Bertz CT molecular complexity index is 466. The third-order valence-corrected chi connectivity index (χ3v) is 3.10. The summed E-state index contributed by atoms with van der Waals surface area (Å²) < 4.78 is 0. The van der Waals surface area contributed by atoms with Gasteiger partial charge in [0.15, 0.2) is 0 Å². The highest BCUT2D eigenvalue weighted by atomic mass is 16.2. The number of hydrogen-bond acceptors (Lipinski definition) is 2. The summed E-state index contributed by atoms with van der Waals surface area (Å²) in [5.41, 5.74) is 2.08. The first-order valence-electron chi connectivity index (χ1n) is 5.11. The molecule has 1 aliphatic rings. The second kappa shape index (κ2) is 3.33. The van der Waals surface area contributed by atoms with Crippen molar-refractivity contribution in [3.05, 3.63) is 23.8 Å². The number of fused-ring (bicyclic) bond motifs is 1. The van der Waals surface area contributed by atoms with Gasteiger partial charge >= 0.3 is 0 Å². The minimum absolute atomic E-state index is 0.0748. The lowest BCUT2D eigenvalue weighted by Gasteiger charge is -2.16. The Morgan fingerprint density at radius 1 is 1.38 bits per heavy atom. The minimum Gasteiger partial charge on any atom is -0.329 e. The van der Waals surface area contributed by atoms with Gasteiger partial charge in [0.05, 0.1) is 5.41 Å². The number of likely N-dealkylation sites (N-methyl/N-ethyl adjacent to an activating group) is 1. The Morgan fingerprint density at radius 3 is 2.69 bits per heavy atom. The average Bonchev–Trinajstić information content (AvgIpc) is 2.41. The van der Waals surface area contributed by atoms with Crippen LogP contribution in [0.5, 0.6) is 0 Å². The standard InChI is InChI=1S/C12H14N2O2/c1-12(2)9-5-4-8(13-7-15)6-10(9)14(3)11(12)16/h4-7H,1-3H3,(H,13,15). The Balaban J connectivity index is 2.54. The molecule has 0 atom stereocenters. The zero-order valence-corrected chi connectivity index (χ0v) is 9.57. The molecule has 84 valence electrons. The molecule has 16 heavy (non-hydrogen) atoms. The number of nitrogens with zero attached hydrogens (tertiary/aromatic N) is 1. The van der Waals surface area contributed by atoms with Crippen LogP contribution in [-0.2, 0) is 15.0 Å². The molecule has 1 N–H and O–H groups in total. The van der Waals surface area contributed by atoms with Gasteiger partial charge in [-0.05, 0) is 31.5 Å². The number of carbonyl (C=O) groups is 2. The molecule has 1 aromatic carbocycles. The summed E-state index contributed by atoms with van der Waals surface area (Å²) in [4.78, 5) is 24.0. The van der Waals surface area contributed by atoms with Crippen LogP contribution in [-0.4, -0.2) is 19.4 Å². The van der Waals surface area contributed by atoms with Crippen molar-refractivity contribution in [2.24, 2.45) is 0 Å². The highest BCUT2D eigenvalue weighted by Gasteiger charge is 2.42. The minimum atomic E-state index is -0.482. The zero-order valence-electron chi connectivity index (χ0n) is 9.57. The third kappa shape index (κ3) is 1.30. The molecule has 1 aromatic rings. The lowest BCUT2D eigenvalue weighted by molar-refractivity contribution is -0.121. The molecule has 4 nitrogen and oxygen atoms in total. The van der Waals surface area contributed by atoms with Crippen LogP contribution in [0, 0.1) is 0 Å². The van der Waals surface area contributed by atoms with Gasteiger partial charge in [-0.3, -0.25) is 9.59 Å². The summed E-state index contributed by atoms with van der Waals surface area (Å²) in [5, 5.41) is 2.58. The van der Waals surface area contributed by atoms with E-state index in [2.05, 4.69) is 5.32 Å². The summed E-state index contributed by atoms with van der Waals surface area (Å²) in [6.07, 6.45) is 0.629. The molecular formula is C12H14N2O2. The normalized spacial score (nSPS) is 17.2. The zero-order chi connectivity index (χ0) is 11.9. The van der Waals surface area contributed by atoms with Crippen molar-refractivity contribution in [3.63, 3.8) is 0 Å². The van der Waals surface area contributed by atoms with E-state index in [9.17, 15) is 9.59 Å². The number of amides is 2. The molecule has 0 fully saturated rings. The van der Waals surface area contributed by atoms with Crippen LogP contribution in [0.2, 0.25) is 0 Å². The number of anilines is 2. The molecule has 0 saturated carbocycles. The molecule has 1 aliphatic heterocycles. The van der Waals surface area contributed by atoms with Gasteiger partial charge < -0.3 is 10.2 Å². The van der Waals surface area contributed by atoms with Crippen LogP contribution in [0.15, 0.2) is 18.2 Å². The van der Waals surface area contributed by atoms with E-state index in [0.717, 1.165) is 11.3 Å². The fourth-order valence-electron chi connectivity index (χ4n) is 2.14. The summed E-state index contributed by atoms with van der Waals surface area (Å²) in [6.45, 7) is 3.81. The van der Waals surface area contributed by atoms with Crippen molar-refractivity contribution < 1.29 is 9.59 Å². The second-order valence-corrected chi connectivity index (χ2v) is 4.48. The molecule has 1 heterocycles. The van der Waals surface area contributed by atoms with E-state index in [4.69, 9.17) is 0 Å². The number of rotatable bonds is 2. The molecule has 0 aromatic heterocycles. The van der Waals surface area contributed by atoms with Crippen molar-refractivity contribution >= 4 is 23.7 Å². The molecule has 4 heteroatoms. The van der Waals surface area contributed by atoms with Crippen molar-refractivity contribution in [3.8, 4) is 0 Å². The molecular weight excluding hydrogens is 204 g/mol. The highest BCUT2D eigenvalue weighted by molar-refractivity contribution is 6.07. The second-order valence-electron chi connectivity index (χ2n) is 4.48. The van der Waals surface area contributed by atoms with Gasteiger partial charge in [-0.1, -0.05) is 6.07 Å². The van der Waals surface area contributed by atoms with E-state index in [-0.39, 0.29) is 5.91 Å². The van der Waals surface area contributed by atoms with E-state index < -0.39 is 5.41 Å². The number of benzene rings is 1. The van der Waals surface area contributed by atoms with Gasteiger partial charge in [-0.15, -0.1) is 0 Å². The van der Waals surface area contributed by atoms with Crippen LogP contribution in [0.3, 0.4) is 0 Å². The van der Waals surface area contributed by atoms with Crippen molar-refractivity contribution in [2.75, 3.05) is 17.3 Å². The maximum Gasteiger partial charge on any atom is 0.236 e. The van der Waals surface area contributed by atoms with Crippen molar-refractivity contribution in [1.82, 2.24) is 0 Å². The summed E-state index contributed by atoms with van der Waals surface area (Å²) in [7, 11) is 1.75. The van der Waals surface area contributed by atoms with Crippen LogP contribution in [0.4, 0.5) is 11.4 Å². The molecule has 0 aliphatic carbocycles. The molecule has 2 amide bonds. The Kier molecular flexibility index (Phi) is 2.22. The van der Waals surface area contributed by atoms with Crippen LogP contribution in [0.1, 0.15) is 19.4 Å². The van der Waals surface area contributed by atoms with Gasteiger partial charge in [-0.25, -0.2) is 0 Å². The highest BCUT2D eigenvalue weighted by Crippen LogP contribution is 2.41. The maximum absolute atomic E-state index is 12.0. The number of carbonyl (C=O) groups excluding carboxylic acids is 2. The van der Waals surface area contributed by atoms with Crippen LogP contribution >= 0.6 is 0 Å². The molecule has 0 spiro atoms. The fourth-order valence-corrected chi connectivity index (χ4v) is 2.14. The first kappa shape index (κ1) is 10.7. The Morgan fingerprint density at radius 2 is 2.06 bits per heavy atom. The van der Waals surface area contributed by atoms with Crippen LogP contribution < -0.4 is 10.2 Å². The Labute approximate surface area is 94.2 Å². The van der Waals surface area contributed by atoms with Gasteiger partial charge in [0, 0.05) is 18.4 Å². The summed E-state index contributed by atoms with van der Waals surface area (Å²) in [5.74, 6) is 0.0748. The van der Waals surface area contributed by atoms with E-state index in [1.54, 1.807) is 18.0 Å². The molecule has 0 saturated heterocycles. The monoisotopic (exact) mass is 218 g/mol. The first-order chi connectivity index (χ1) is 7.48. The predicted octanol–water partition coefficient (Wildman–Crippen LogP) is 1.51. The van der Waals surface area contributed by atoms with Gasteiger partial charge in [-0.2, -0.15) is 0 Å². The maximum atomic E-state index is 12.0. The molecule has 0 bridgehead atoms. The van der Waals surface area contributed by atoms with E-state index in [0.29, 0.717) is 12.1 Å². The smallest absolute Gasteiger partial charge is 0.236 e. The largest absolute Gasteiger partial charge is 0.329 e. The van der Waals surface area contributed by atoms with Crippen LogP contribution in [0.25, 0.3) is 0 Å². The predicted molar refractivity (Wildman–Crippen MR) is 62.6 cm³/mol. The lowest BCUT2D eigenvalue weighted by atomic mass is 9.86. The third-order valence-electron chi connectivity index (χ3n) is 3.10. The molecule has 0 radical (unpaired) electrons. The van der Waals surface area contributed by atoms with Gasteiger partial charge in [0.25, 0.3) is 0 Å². The molecule has 0 unspecified atom stereocenters. The quantitative estimate of drug-likeness (QED) is 0.765. The lowest BCUT2D eigenvalue weighted by Crippen LogP contribution is -2.33. The summed E-state index contributed by atoms with van der Waals surface area (Å²) >= 11 is 0. The van der Waals surface area contributed by atoms with E-state index in [1.807, 2.05) is 26.0 Å². The molecule has 2 rings (SSSR count). The number of nitrogens with one attached hydrogen (secondary N) is 1. The SMILES string of the molecule is CN1C(=O)C(C)(C)c2ccc(NC=O)cc21. The summed E-state index contributed by atoms with van der Waals surface area (Å²) in [6, 6.07) is 5.51. The van der Waals surface area contributed by atoms with Gasteiger partial charge in [0.1, 0.15) is 0 Å². The average molecular weight is 218 g/mol. The van der Waals surface area contributed by atoms with Crippen molar-refractivity contribution in [2.45, 2.75) is 19.3 Å². The topological polar surface area (TPSA) is 49.4 Å². The first-order valence-corrected chi connectivity index (χ1v) is 5.11. The fraction of sp³-hybridized carbons (Fsp3) is 0.333. The van der Waals surface area contributed by atoms with E-state index >= 15 is 0 Å². The number of hydrogen-bond donors (Lipinski definition) is 1. The van der Waals surface area contributed by atoms with Gasteiger partial charge in [0.2, 0.25) is 12.3 Å². The van der Waals surface area contributed by atoms with Crippen molar-refractivity contribution in [1.29, 1.82) is 0 Å². The Hall–Kier alpha value is -1.84.